The number of fused-ring (bicyclic) bond motifs is 3. The molecular weight excluding hydrogens is 634 g/mol. The van der Waals surface area contributed by atoms with Crippen LogP contribution in [0.1, 0.15) is 29.3 Å². The Morgan fingerprint density at radius 1 is 1.20 bits per heavy atom. The summed E-state index contributed by atoms with van der Waals surface area (Å²) in [6, 6.07) is 8.23. The van der Waals surface area contributed by atoms with E-state index in [0.717, 1.165) is 61.4 Å². The third kappa shape index (κ3) is 5.80. The molecular formula is C29H33F3N6O3S3. The normalized spacial score (nSPS) is 21.5. The molecule has 3 aliphatic heterocycles. The highest BCUT2D eigenvalue weighted by atomic mass is 32.2. The summed E-state index contributed by atoms with van der Waals surface area (Å²) < 4.78 is 73.6. The van der Waals surface area contributed by atoms with Gasteiger partial charge in [-0.1, -0.05) is 19.1 Å². The Bertz CT molecular complexity index is 1700. The second-order valence-electron chi connectivity index (χ2n) is 11.3. The van der Waals surface area contributed by atoms with Crippen LogP contribution in [-0.2, 0) is 27.2 Å². The van der Waals surface area contributed by atoms with Crippen LogP contribution in [0.4, 0.5) is 30.5 Å². The fraction of sp³-hybridized carbons (Fsp3) is 0.483. The Labute approximate surface area is 264 Å². The van der Waals surface area contributed by atoms with E-state index in [1.165, 1.54) is 6.07 Å². The summed E-state index contributed by atoms with van der Waals surface area (Å²) >= 11 is 6.36. The largest absolute Gasteiger partial charge is 0.420 e. The van der Waals surface area contributed by atoms with E-state index in [1.807, 2.05) is 19.1 Å². The van der Waals surface area contributed by atoms with Crippen molar-refractivity contribution in [2.24, 2.45) is 0 Å². The van der Waals surface area contributed by atoms with Crippen LogP contribution in [0, 0.1) is 0 Å². The molecule has 3 aromatic rings. The number of alkyl halides is 3. The van der Waals surface area contributed by atoms with E-state index in [2.05, 4.69) is 31.2 Å². The maximum absolute atomic E-state index is 14.1. The number of hydrogen-bond acceptors (Lipinski definition) is 10. The Hall–Kier alpha value is -2.85. The minimum atomic E-state index is -4.75. The smallest absolute Gasteiger partial charge is 0.383 e. The molecule has 5 heterocycles. The van der Waals surface area contributed by atoms with Crippen molar-refractivity contribution in [2.45, 2.75) is 42.9 Å². The summed E-state index contributed by atoms with van der Waals surface area (Å²) in [4.78, 5) is 15.4. The zero-order chi connectivity index (χ0) is 31.4. The third-order valence-corrected chi connectivity index (χ3v) is 12.2. The van der Waals surface area contributed by atoms with Crippen molar-refractivity contribution in [1.29, 1.82) is 0 Å². The molecule has 9 nitrogen and oxygen atoms in total. The molecule has 3 aliphatic rings. The number of methoxy groups -OCH3 is 1. The lowest BCUT2D eigenvalue weighted by Crippen LogP contribution is -2.47. The van der Waals surface area contributed by atoms with E-state index in [4.69, 9.17) is 17.0 Å². The number of ether oxygens (including phenoxy) is 1. The number of halogens is 3. The number of hydrogen-bond donors (Lipinski definition) is 1. The van der Waals surface area contributed by atoms with E-state index >= 15 is 0 Å². The lowest BCUT2D eigenvalue weighted by Gasteiger charge is -2.35. The molecule has 1 N–H and O–H groups in total. The summed E-state index contributed by atoms with van der Waals surface area (Å²) in [6.07, 6.45) is -2.21. The van der Waals surface area contributed by atoms with Gasteiger partial charge in [0.15, 0.2) is 9.84 Å². The van der Waals surface area contributed by atoms with E-state index < -0.39 is 27.3 Å². The Balaban J connectivity index is 1.30. The molecule has 2 aromatic heterocycles. The third-order valence-electron chi connectivity index (χ3n) is 8.58. The van der Waals surface area contributed by atoms with Gasteiger partial charge in [-0.3, -0.25) is 4.90 Å². The second kappa shape index (κ2) is 11.8. The zero-order valence-corrected chi connectivity index (χ0v) is 27.0. The Morgan fingerprint density at radius 2 is 2.00 bits per heavy atom. The highest BCUT2D eigenvalue weighted by molar-refractivity contribution is 7.92. The van der Waals surface area contributed by atoms with Crippen LogP contribution < -0.4 is 10.2 Å². The number of piperazine rings is 1. The van der Waals surface area contributed by atoms with Gasteiger partial charge in [0.1, 0.15) is 10.6 Å². The van der Waals surface area contributed by atoms with Gasteiger partial charge in [0.05, 0.1) is 32.7 Å². The van der Waals surface area contributed by atoms with Gasteiger partial charge in [0, 0.05) is 70.0 Å². The predicted molar refractivity (Wildman–Crippen MR) is 169 cm³/mol. The molecule has 0 spiro atoms. The highest BCUT2D eigenvalue weighted by Gasteiger charge is 2.43. The number of thiocarbonyl (C=S) groups is 1. The predicted octanol–water partition coefficient (Wildman–Crippen LogP) is 4.83. The van der Waals surface area contributed by atoms with Gasteiger partial charge < -0.3 is 19.9 Å². The molecule has 0 saturated carbocycles. The lowest BCUT2D eigenvalue weighted by atomic mass is 10.1. The number of sulfone groups is 1. The van der Waals surface area contributed by atoms with Crippen molar-refractivity contribution in [3.63, 3.8) is 0 Å². The van der Waals surface area contributed by atoms with Gasteiger partial charge in [-0.25, -0.2) is 18.4 Å². The summed E-state index contributed by atoms with van der Waals surface area (Å²) in [5, 5.41) is 3.12. The second-order valence-corrected chi connectivity index (χ2v) is 14.8. The average molecular weight is 667 g/mol. The van der Waals surface area contributed by atoms with Crippen LogP contribution in [-0.4, -0.2) is 98.0 Å². The minimum Gasteiger partial charge on any atom is -0.383 e. The van der Waals surface area contributed by atoms with Crippen molar-refractivity contribution >= 4 is 55.7 Å². The monoisotopic (exact) mass is 666 g/mol. The molecule has 1 aromatic carbocycles. The SMILES string of the molecule is CCc1cc(N2C[C@H]3C[C@@H]2CN3CCOC)ccc1Nc1ncc(C(F)(F)F)c(-c2cc3c(s2)C(=S)N(C)CCS3(=O)=O)n1. The molecule has 0 unspecified atom stereocenters. The van der Waals surface area contributed by atoms with Crippen molar-refractivity contribution < 1.29 is 26.3 Å². The average Bonchev–Trinajstić information content (AvgIpc) is 3.72. The van der Waals surface area contributed by atoms with Crippen molar-refractivity contribution in [3.05, 3.63) is 46.5 Å². The molecule has 15 heteroatoms. The first kappa shape index (κ1) is 31.1. The van der Waals surface area contributed by atoms with Gasteiger partial charge in [-0.05, 0) is 42.7 Å². The van der Waals surface area contributed by atoms with Crippen LogP contribution in [0.5, 0.6) is 0 Å². The van der Waals surface area contributed by atoms with E-state index in [0.29, 0.717) is 24.2 Å². The fourth-order valence-electron chi connectivity index (χ4n) is 6.19. The first-order valence-electron chi connectivity index (χ1n) is 14.4. The fourth-order valence-corrected chi connectivity index (χ4v) is 9.63. The molecule has 236 valence electrons. The van der Waals surface area contributed by atoms with Crippen LogP contribution in [0.3, 0.4) is 0 Å². The van der Waals surface area contributed by atoms with Crippen molar-refractivity contribution in [2.75, 3.05) is 62.9 Å². The topological polar surface area (TPSA) is 90.9 Å². The molecule has 2 saturated heterocycles. The summed E-state index contributed by atoms with van der Waals surface area (Å²) in [7, 11) is -0.353. The van der Waals surface area contributed by atoms with Crippen LogP contribution in [0.2, 0.25) is 0 Å². The number of aromatic nitrogens is 2. The van der Waals surface area contributed by atoms with Gasteiger partial charge in [0.2, 0.25) is 5.95 Å². The number of aryl methyl sites for hydroxylation is 1. The first-order valence-corrected chi connectivity index (χ1v) is 17.2. The summed E-state index contributed by atoms with van der Waals surface area (Å²) in [5.41, 5.74) is 1.34. The molecule has 0 amide bonds. The van der Waals surface area contributed by atoms with E-state index in [-0.39, 0.29) is 37.9 Å². The van der Waals surface area contributed by atoms with Crippen LogP contribution in [0.15, 0.2) is 35.4 Å². The molecule has 0 radical (unpaired) electrons. The van der Waals surface area contributed by atoms with Crippen molar-refractivity contribution in [3.8, 4) is 10.6 Å². The van der Waals surface area contributed by atoms with Gasteiger partial charge >= 0.3 is 6.18 Å². The van der Waals surface area contributed by atoms with Crippen LogP contribution >= 0.6 is 23.6 Å². The molecule has 2 fully saturated rings. The van der Waals surface area contributed by atoms with Gasteiger partial charge in [0.25, 0.3) is 0 Å². The zero-order valence-electron chi connectivity index (χ0n) is 24.5. The standard InChI is InChI=1S/C29H33F3N6O3S3/c1-4-17-11-18(38-16-19-12-20(38)15-37(19)7-9-41-3)5-6-22(17)34-28-33-14-21(29(30,31)32)25(35-28)23-13-24-26(43-23)27(42)36(2)8-10-44(24,39)40/h5-6,11,13-14,19-20H,4,7-10,12,15-16H2,1-3H3,(H,33,34,35)/t19-,20-/m1/s1. The lowest BCUT2D eigenvalue weighted by molar-refractivity contribution is -0.137. The number of nitrogens with zero attached hydrogens (tertiary/aromatic N) is 5. The van der Waals surface area contributed by atoms with Gasteiger partial charge in [-0.2, -0.15) is 13.2 Å². The van der Waals surface area contributed by atoms with Gasteiger partial charge in [-0.15, -0.1) is 11.3 Å². The molecule has 0 aliphatic carbocycles. The molecule has 44 heavy (non-hydrogen) atoms. The van der Waals surface area contributed by atoms with Crippen molar-refractivity contribution in [1.82, 2.24) is 19.8 Å². The maximum atomic E-state index is 14.1. The number of anilines is 3. The number of likely N-dealkylation sites (tertiary alicyclic amines) is 1. The summed E-state index contributed by atoms with van der Waals surface area (Å²) in [6.45, 7) is 5.80. The first-order chi connectivity index (χ1) is 20.9. The van der Waals surface area contributed by atoms with E-state index in [9.17, 15) is 21.6 Å². The molecule has 6 rings (SSSR count). The maximum Gasteiger partial charge on any atom is 0.420 e. The minimum absolute atomic E-state index is 0.0180. The number of benzene rings is 1. The molecule has 2 bridgehead atoms. The number of rotatable bonds is 8. The Morgan fingerprint density at radius 3 is 2.68 bits per heavy atom. The molecule has 2 atom stereocenters. The quantitative estimate of drug-likeness (QED) is 0.337. The number of thiophene rings is 1. The summed E-state index contributed by atoms with van der Waals surface area (Å²) in [5.74, 6) is -0.202. The number of nitrogens with one attached hydrogen (secondary N) is 1. The highest BCUT2D eigenvalue weighted by Crippen LogP contribution is 2.42. The Kier molecular flexibility index (Phi) is 8.37. The van der Waals surface area contributed by atoms with E-state index in [1.54, 1.807) is 19.1 Å². The van der Waals surface area contributed by atoms with Crippen LogP contribution in [0.25, 0.3) is 10.6 Å².